The van der Waals surface area contributed by atoms with E-state index < -0.39 is 21.7 Å². The van der Waals surface area contributed by atoms with Gasteiger partial charge in [-0.3, -0.25) is 19.9 Å². The molecular formula is C22H22CuN6O11. The van der Waals surface area contributed by atoms with Crippen LogP contribution in [0.25, 0.3) is 0 Å². The Morgan fingerprint density at radius 3 is 0.800 bits per heavy atom. The van der Waals surface area contributed by atoms with Crippen molar-refractivity contribution in [1.29, 1.82) is 0 Å². The molecule has 0 atom stereocenters. The van der Waals surface area contributed by atoms with E-state index >= 15 is 0 Å². The van der Waals surface area contributed by atoms with Gasteiger partial charge in [0.15, 0.2) is 0 Å². The quantitative estimate of drug-likeness (QED) is 0.103. The van der Waals surface area contributed by atoms with Crippen LogP contribution < -0.4 is 0 Å². The summed E-state index contributed by atoms with van der Waals surface area (Å²) in [6, 6.07) is 19.7. The average molecular weight is 610 g/mol. The third-order valence-electron chi connectivity index (χ3n) is 4.09. The largest absolute Gasteiger partial charge is 2.00 e. The zero-order chi connectivity index (χ0) is 28.6. The molecule has 0 spiro atoms. The maximum atomic E-state index is 9.89. The molecule has 0 saturated carbocycles. The third kappa shape index (κ3) is 13.2. The number of hydrogen-bond donors (Lipinski definition) is 4. The van der Waals surface area contributed by atoms with Crippen molar-refractivity contribution in [3.63, 3.8) is 0 Å². The number of rotatable bonds is 4. The molecule has 4 heterocycles. The van der Waals surface area contributed by atoms with Gasteiger partial charge in [0, 0.05) is 24.8 Å². The van der Waals surface area contributed by atoms with Crippen molar-refractivity contribution in [2.45, 2.75) is 11.6 Å². The van der Waals surface area contributed by atoms with Crippen LogP contribution in [0.1, 0.15) is 22.8 Å². The van der Waals surface area contributed by atoms with Crippen LogP contribution in [0, 0.1) is 30.6 Å². The second kappa shape index (κ2) is 18.6. The molecule has 0 unspecified atom stereocenters. The zero-order valence-corrected chi connectivity index (χ0v) is 20.9. The first-order valence-electron chi connectivity index (χ1n) is 10.1. The van der Waals surface area contributed by atoms with Gasteiger partial charge >= 0.3 is 17.1 Å². The fraction of sp³-hybridized carbons (Fsp3) is 0.0909. The summed E-state index contributed by atoms with van der Waals surface area (Å²) in [5, 5.41) is 69.1. The first kappa shape index (κ1) is 37.5. The van der Waals surface area contributed by atoms with Crippen molar-refractivity contribution in [1.82, 2.24) is 19.9 Å². The van der Waals surface area contributed by atoms with Crippen molar-refractivity contribution in [3.8, 4) is 0 Å². The molecule has 0 aromatic carbocycles. The molecule has 4 aromatic heterocycles. The van der Waals surface area contributed by atoms with Gasteiger partial charge in [-0.25, -0.2) is 0 Å². The molecule has 0 amide bonds. The Morgan fingerprint density at radius 1 is 0.500 bits per heavy atom. The Balaban J connectivity index is 0. The molecule has 0 bridgehead atoms. The molecule has 17 nitrogen and oxygen atoms in total. The van der Waals surface area contributed by atoms with Crippen LogP contribution in [0.15, 0.2) is 97.6 Å². The summed E-state index contributed by atoms with van der Waals surface area (Å²) >= 11 is 0. The van der Waals surface area contributed by atoms with Crippen LogP contribution >= 0.6 is 0 Å². The maximum Gasteiger partial charge on any atom is 2.00 e. The van der Waals surface area contributed by atoms with Crippen LogP contribution in [0.4, 0.5) is 0 Å². The Morgan fingerprint density at radius 2 is 0.675 bits per heavy atom. The fourth-order valence-corrected chi connectivity index (χ4v) is 2.54. The Kier molecular flexibility index (Phi) is 17.4. The summed E-state index contributed by atoms with van der Waals surface area (Å²) in [5.74, 6) is -4.27. The summed E-state index contributed by atoms with van der Waals surface area (Å²) in [6.07, 6.45) is 6.00. The fourth-order valence-electron chi connectivity index (χ4n) is 2.54. The second-order valence-corrected chi connectivity index (χ2v) is 6.65. The summed E-state index contributed by atoms with van der Waals surface area (Å²) < 4.78 is 0. The van der Waals surface area contributed by atoms with Gasteiger partial charge in [-0.15, -0.1) is 0 Å². The minimum Gasteiger partial charge on any atom is -0.412 e. The summed E-state index contributed by atoms with van der Waals surface area (Å²) in [7, 11) is 0. The van der Waals surface area contributed by atoms with Gasteiger partial charge in [-0.1, -0.05) is 24.3 Å². The summed E-state index contributed by atoms with van der Waals surface area (Å²) in [4.78, 5) is 32.0. The van der Waals surface area contributed by atoms with Crippen LogP contribution in [-0.2, 0) is 28.6 Å². The van der Waals surface area contributed by atoms with Gasteiger partial charge in [-0.2, -0.15) is 0 Å². The molecule has 1 radical (unpaired) electrons. The van der Waals surface area contributed by atoms with E-state index in [-0.39, 0.29) is 45.3 Å². The Hall–Kier alpha value is -4.68. The number of aliphatic hydroxyl groups is 4. The van der Waals surface area contributed by atoms with Crippen molar-refractivity contribution < 1.29 is 53.1 Å². The molecular weight excluding hydrogens is 588 g/mol. The Labute approximate surface area is 235 Å². The minimum atomic E-state index is -2.14. The predicted molar refractivity (Wildman–Crippen MR) is 132 cm³/mol. The van der Waals surface area contributed by atoms with Gasteiger partial charge in [0.1, 0.15) is 22.8 Å². The van der Waals surface area contributed by atoms with Gasteiger partial charge in [-0.05, 0) is 48.5 Å². The second-order valence-electron chi connectivity index (χ2n) is 6.65. The van der Waals surface area contributed by atoms with Gasteiger partial charge in [0.25, 0.3) is 11.6 Å². The van der Waals surface area contributed by atoms with Crippen LogP contribution in [-0.4, -0.2) is 56.0 Å². The van der Waals surface area contributed by atoms with E-state index in [9.17, 15) is 20.4 Å². The maximum absolute atomic E-state index is 9.89. The SMILES string of the molecule is O.O=[N+]([O-])[O-].O=[N+]([O-])[O-].OC(O)(c1ccccn1)c1ccccn1.OC(O)(c1ccccn1)c1ccccn1.[Cu+2]. The molecule has 4 aromatic rings. The first-order chi connectivity index (χ1) is 17.9. The molecule has 0 fully saturated rings. The molecule has 0 aliphatic rings. The van der Waals surface area contributed by atoms with Crippen LogP contribution in [0.3, 0.4) is 0 Å². The molecule has 18 heteroatoms. The van der Waals surface area contributed by atoms with Crippen LogP contribution in [0.5, 0.6) is 0 Å². The molecule has 6 N–H and O–H groups in total. The molecule has 217 valence electrons. The predicted octanol–water partition coefficient (Wildman–Crippen LogP) is 0.0192. The topological polar surface area (TPSA) is 296 Å². The van der Waals surface area contributed by atoms with E-state index in [1.54, 1.807) is 48.5 Å². The number of hydrogen-bond acceptors (Lipinski definition) is 14. The van der Waals surface area contributed by atoms with Crippen molar-refractivity contribution >= 4 is 0 Å². The van der Waals surface area contributed by atoms with Gasteiger partial charge in [0.2, 0.25) is 0 Å². The number of aromatic nitrogens is 4. The molecule has 0 saturated heterocycles. The first-order valence-corrected chi connectivity index (χ1v) is 10.1. The van der Waals surface area contributed by atoms with E-state index in [1.165, 1.54) is 49.1 Å². The van der Waals surface area contributed by atoms with E-state index in [0.29, 0.717) is 0 Å². The molecule has 0 aliphatic carbocycles. The minimum absolute atomic E-state index is 0. The summed E-state index contributed by atoms with van der Waals surface area (Å²) in [6.45, 7) is 0. The summed E-state index contributed by atoms with van der Waals surface area (Å²) in [5.41, 5.74) is 0.625. The number of pyridine rings is 4. The van der Waals surface area contributed by atoms with Gasteiger partial charge in [0.05, 0.1) is 10.2 Å². The molecule has 4 rings (SSSR count). The third-order valence-corrected chi connectivity index (χ3v) is 4.09. The van der Waals surface area contributed by atoms with Gasteiger partial charge < -0.3 is 56.5 Å². The smallest absolute Gasteiger partial charge is 0.412 e. The zero-order valence-electron chi connectivity index (χ0n) is 20.0. The average Bonchev–Trinajstić information content (AvgIpc) is 2.90. The normalized spacial score (nSPS) is 9.70. The van der Waals surface area contributed by atoms with E-state index in [2.05, 4.69) is 19.9 Å². The van der Waals surface area contributed by atoms with E-state index in [4.69, 9.17) is 30.6 Å². The van der Waals surface area contributed by atoms with Crippen molar-refractivity contribution in [3.05, 3.63) is 151 Å². The van der Waals surface area contributed by atoms with Crippen molar-refractivity contribution in [2.24, 2.45) is 0 Å². The van der Waals surface area contributed by atoms with Crippen LogP contribution in [0.2, 0.25) is 0 Å². The molecule has 40 heavy (non-hydrogen) atoms. The van der Waals surface area contributed by atoms with Crippen molar-refractivity contribution in [2.75, 3.05) is 0 Å². The van der Waals surface area contributed by atoms with E-state index in [1.807, 2.05) is 0 Å². The monoisotopic (exact) mass is 609 g/mol. The molecule has 0 aliphatic heterocycles. The standard InChI is InChI=1S/2C11H10N2O2.Cu.2NO3.H2O/c2*14-11(15,9-5-1-3-7-12-9)10-6-2-4-8-13-10;;2*2-1(3)4;/h2*1-8,14-15H;;;;1H2/q;;+2;2*-1;. The Bertz CT molecular complexity index is 1050. The number of nitrogens with zero attached hydrogens (tertiary/aromatic N) is 6. The van der Waals surface area contributed by atoms with E-state index in [0.717, 1.165) is 0 Å².